The molecular formula is C18H17N3O. The molecule has 1 fully saturated rings. The van der Waals surface area contributed by atoms with Crippen LogP contribution in [0.3, 0.4) is 0 Å². The quantitative estimate of drug-likeness (QED) is 0.734. The summed E-state index contributed by atoms with van der Waals surface area (Å²) >= 11 is 0. The standard InChI is InChI=1S/C18H17N3O/c1-13-20-8-9-21(13)16-10-15(11-19-12-16)14-2-4-17(5-3-14)22-18-6-7-18/h2-5,8-12,18H,6-7H2,1H3. The van der Waals surface area contributed by atoms with E-state index in [-0.39, 0.29) is 0 Å². The average Bonchev–Trinajstić information content (AvgIpc) is 3.26. The maximum atomic E-state index is 5.79. The lowest BCUT2D eigenvalue weighted by Gasteiger charge is -2.08. The van der Waals surface area contributed by atoms with Crippen molar-refractivity contribution >= 4 is 0 Å². The van der Waals surface area contributed by atoms with E-state index in [1.807, 2.05) is 42.2 Å². The Hall–Kier alpha value is -2.62. The van der Waals surface area contributed by atoms with Gasteiger partial charge in [0.2, 0.25) is 0 Å². The molecule has 4 nitrogen and oxygen atoms in total. The molecule has 0 radical (unpaired) electrons. The predicted molar refractivity (Wildman–Crippen MR) is 85.2 cm³/mol. The zero-order valence-electron chi connectivity index (χ0n) is 12.4. The molecule has 0 amide bonds. The van der Waals surface area contributed by atoms with E-state index in [0.29, 0.717) is 6.10 Å². The van der Waals surface area contributed by atoms with Crippen LogP contribution in [-0.4, -0.2) is 20.6 Å². The number of imidazole rings is 1. The second kappa shape index (κ2) is 5.30. The Balaban J connectivity index is 1.63. The van der Waals surface area contributed by atoms with Gasteiger partial charge < -0.3 is 9.30 Å². The molecular weight excluding hydrogens is 274 g/mol. The summed E-state index contributed by atoms with van der Waals surface area (Å²) in [5.41, 5.74) is 3.24. The van der Waals surface area contributed by atoms with Crippen molar-refractivity contribution in [1.29, 1.82) is 0 Å². The van der Waals surface area contributed by atoms with Crippen LogP contribution in [0.2, 0.25) is 0 Å². The van der Waals surface area contributed by atoms with Crippen LogP contribution < -0.4 is 4.74 Å². The van der Waals surface area contributed by atoms with Crippen LogP contribution in [0, 0.1) is 6.92 Å². The van der Waals surface area contributed by atoms with Gasteiger partial charge in [0.05, 0.1) is 18.0 Å². The summed E-state index contributed by atoms with van der Waals surface area (Å²) in [5, 5.41) is 0. The third-order valence-electron chi connectivity index (χ3n) is 3.84. The Morgan fingerprint density at radius 3 is 2.59 bits per heavy atom. The molecule has 22 heavy (non-hydrogen) atoms. The zero-order valence-corrected chi connectivity index (χ0v) is 12.4. The van der Waals surface area contributed by atoms with Gasteiger partial charge in [0.15, 0.2) is 0 Å². The molecule has 0 spiro atoms. The van der Waals surface area contributed by atoms with Crippen molar-refractivity contribution in [3.63, 3.8) is 0 Å². The fourth-order valence-electron chi connectivity index (χ4n) is 2.47. The van der Waals surface area contributed by atoms with E-state index in [2.05, 4.69) is 28.2 Å². The summed E-state index contributed by atoms with van der Waals surface area (Å²) < 4.78 is 7.82. The summed E-state index contributed by atoms with van der Waals surface area (Å²) in [4.78, 5) is 8.62. The van der Waals surface area contributed by atoms with Crippen molar-refractivity contribution in [2.24, 2.45) is 0 Å². The van der Waals surface area contributed by atoms with Gasteiger partial charge in [-0.25, -0.2) is 4.98 Å². The highest BCUT2D eigenvalue weighted by Crippen LogP contribution is 2.29. The molecule has 1 saturated carbocycles. The number of hydrogen-bond donors (Lipinski definition) is 0. The minimum atomic E-state index is 0.431. The van der Waals surface area contributed by atoms with Gasteiger partial charge in [-0.05, 0) is 43.5 Å². The van der Waals surface area contributed by atoms with Gasteiger partial charge >= 0.3 is 0 Å². The topological polar surface area (TPSA) is 39.9 Å². The Kier molecular flexibility index (Phi) is 3.15. The summed E-state index contributed by atoms with van der Waals surface area (Å²) in [6, 6.07) is 10.3. The molecule has 1 aromatic carbocycles. The number of nitrogens with zero attached hydrogens (tertiary/aromatic N) is 3. The number of ether oxygens (including phenoxy) is 1. The van der Waals surface area contributed by atoms with Crippen LogP contribution in [0.15, 0.2) is 55.1 Å². The monoisotopic (exact) mass is 291 g/mol. The molecule has 2 heterocycles. The van der Waals surface area contributed by atoms with Crippen LogP contribution in [0.1, 0.15) is 18.7 Å². The molecule has 0 unspecified atom stereocenters. The van der Waals surface area contributed by atoms with Crippen molar-refractivity contribution in [3.05, 3.63) is 60.9 Å². The lowest BCUT2D eigenvalue weighted by molar-refractivity contribution is 0.303. The van der Waals surface area contributed by atoms with Gasteiger partial charge in [-0.2, -0.15) is 0 Å². The zero-order chi connectivity index (χ0) is 14.9. The summed E-state index contributed by atoms with van der Waals surface area (Å²) in [7, 11) is 0. The van der Waals surface area contributed by atoms with Crippen LogP contribution in [0.4, 0.5) is 0 Å². The third kappa shape index (κ3) is 2.60. The average molecular weight is 291 g/mol. The first kappa shape index (κ1) is 13.1. The van der Waals surface area contributed by atoms with E-state index in [9.17, 15) is 0 Å². The molecule has 1 aliphatic carbocycles. The number of benzene rings is 1. The fraction of sp³-hybridized carbons (Fsp3) is 0.222. The predicted octanol–water partition coefficient (Wildman–Crippen LogP) is 3.78. The van der Waals surface area contributed by atoms with E-state index in [1.54, 1.807) is 6.20 Å². The van der Waals surface area contributed by atoms with Gasteiger partial charge in [0.25, 0.3) is 0 Å². The van der Waals surface area contributed by atoms with Crippen molar-refractivity contribution in [2.45, 2.75) is 25.9 Å². The maximum absolute atomic E-state index is 5.79. The molecule has 0 N–H and O–H groups in total. The van der Waals surface area contributed by atoms with Gasteiger partial charge in [-0.1, -0.05) is 12.1 Å². The number of hydrogen-bond acceptors (Lipinski definition) is 3. The minimum absolute atomic E-state index is 0.431. The number of aryl methyl sites for hydroxylation is 1. The molecule has 2 aromatic heterocycles. The second-order valence-electron chi connectivity index (χ2n) is 5.62. The van der Waals surface area contributed by atoms with E-state index in [4.69, 9.17) is 4.74 Å². The van der Waals surface area contributed by atoms with Crippen LogP contribution in [-0.2, 0) is 0 Å². The molecule has 4 heteroatoms. The van der Waals surface area contributed by atoms with Crippen LogP contribution in [0.5, 0.6) is 5.75 Å². The molecule has 0 atom stereocenters. The van der Waals surface area contributed by atoms with E-state index in [0.717, 1.165) is 28.4 Å². The Labute approximate surface area is 129 Å². The maximum Gasteiger partial charge on any atom is 0.119 e. The smallest absolute Gasteiger partial charge is 0.119 e. The van der Waals surface area contributed by atoms with Crippen LogP contribution >= 0.6 is 0 Å². The summed E-state index contributed by atoms with van der Waals surface area (Å²) in [6.45, 7) is 1.98. The molecule has 110 valence electrons. The normalized spacial score (nSPS) is 14.0. The second-order valence-corrected chi connectivity index (χ2v) is 5.62. The fourth-order valence-corrected chi connectivity index (χ4v) is 2.47. The van der Waals surface area contributed by atoms with Crippen LogP contribution in [0.25, 0.3) is 16.8 Å². The number of aromatic nitrogens is 3. The molecule has 1 aliphatic rings. The van der Waals surface area contributed by atoms with E-state index >= 15 is 0 Å². The van der Waals surface area contributed by atoms with Crippen molar-refractivity contribution < 1.29 is 4.74 Å². The lowest BCUT2D eigenvalue weighted by atomic mass is 10.1. The Morgan fingerprint density at radius 2 is 1.91 bits per heavy atom. The van der Waals surface area contributed by atoms with Gasteiger partial charge in [-0.15, -0.1) is 0 Å². The molecule has 0 bridgehead atoms. The Bertz CT molecular complexity index is 788. The highest BCUT2D eigenvalue weighted by molar-refractivity contribution is 5.65. The largest absolute Gasteiger partial charge is 0.490 e. The minimum Gasteiger partial charge on any atom is -0.490 e. The van der Waals surface area contributed by atoms with Gasteiger partial charge in [-0.3, -0.25) is 4.98 Å². The molecule has 0 saturated heterocycles. The first-order valence-corrected chi connectivity index (χ1v) is 7.52. The van der Waals surface area contributed by atoms with Crippen molar-refractivity contribution in [2.75, 3.05) is 0 Å². The SMILES string of the molecule is Cc1nccn1-c1cncc(-c2ccc(OC3CC3)cc2)c1. The Morgan fingerprint density at radius 1 is 1.09 bits per heavy atom. The molecule has 3 aromatic rings. The van der Waals surface area contributed by atoms with Crippen molar-refractivity contribution in [3.8, 4) is 22.6 Å². The van der Waals surface area contributed by atoms with Gasteiger partial charge in [0.1, 0.15) is 11.6 Å². The van der Waals surface area contributed by atoms with Gasteiger partial charge in [0, 0.05) is 24.2 Å². The molecule has 4 rings (SSSR count). The first-order valence-electron chi connectivity index (χ1n) is 7.52. The van der Waals surface area contributed by atoms with E-state index < -0.39 is 0 Å². The third-order valence-corrected chi connectivity index (χ3v) is 3.84. The lowest BCUT2D eigenvalue weighted by Crippen LogP contribution is -1.97. The first-order chi connectivity index (χ1) is 10.8. The summed E-state index contributed by atoms with van der Waals surface area (Å²) in [5.74, 6) is 1.90. The highest BCUT2D eigenvalue weighted by Gasteiger charge is 2.23. The summed E-state index contributed by atoms with van der Waals surface area (Å²) in [6.07, 6.45) is 10.3. The molecule has 0 aliphatic heterocycles. The number of rotatable bonds is 4. The highest BCUT2D eigenvalue weighted by atomic mass is 16.5. The number of pyridine rings is 1. The van der Waals surface area contributed by atoms with Crippen molar-refractivity contribution in [1.82, 2.24) is 14.5 Å². The van der Waals surface area contributed by atoms with E-state index in [1.165, 1.54) is 12.8 Å².